The number of nitrogens with two attached hydrogens (primary N) is 1. The first-order valence-corrected chi connectivity index (χ1v) is 5.41. The van der Waals surface area contributed by atoms with Crippen LogP contribution in [-0.2, 0) is 0 Å². The highest BCUT2D eigenvalue weighted by atomic mass is 32.1. The summed E-state index contributed by atoms with van der Waals surface area (Å²) in [7, 11) is 0. The van der Waals surface area contributed by atoms with Crippen LogP contribution < -0.4 is 5.73 Å². The molecular weight excluding hydrogens is 214 g/mol. The molecule has 0 aliphatic carbocycles. The molecule has 0 atom stereocenters. The third-order valence-corrected chi connectivity index (χ3v) is 2.60. The van der Waals surface area contributed by atoms with Gasteiger partial charge in [-0.05, 0) is 18.4 Å². The summed E-state index contributed by atoms with van der Waals surface area (Å²) < 4.78 is 0. The largest absolute Gasteiger partial charge is 0.409 e. The lowest BCUT2D eigenvalue weighted by Gasteiger charge is -2.19. The van der Waals surface area contributed by atoms with Crippen molar-refractivity contribution in [1.29, 1.82) is 0 Å². The van der Waals surface area contributed by atoms with Crippen molar-refractivity contribution in [3.63, 3.8) is 0 Å². The number of carbonyl (C=O) groups is 1. The van der Waals surface area contributed by atoms with Gasteiger partial charge in [-0.25, -0.2) is 0 Å². The van der Waals surface area contributed by atoms with E-state index in [1.54, 1.807) is 11.4 Å². The van der Waals surface area contributed by atoms with E-state index in [1.165, 1.54) is 16.2 Å². The molecule has 0 bridgehead atoms. The van der Waals surface area contributed by atoms with E-state index in [-0.39, 0.29) is 18.3 Å². The van der Waals surface area contributed by atoms with Crippen molar-refractivity contribution in [2.45, 2.75) is 6.92 Å². The standard InChI is InChI=1S/C9H13N3O2S/c1-2-12(5-8(10)11-14)9(13)7-3-4-15-6-7/h3-4,6,14H,2,5H2,1H3,(H2,10,11). The van der Waals surface area contributed by atoms with Gasteiger partial charge in [-0.1, -0.05) is 5.16 Å². The van der Waals surface area contributed by atoms with Crippen molar-refractivity contribution in [2.24, 2.45) is 10.9 Å². The molecular formula is C9H13N3O2S. The zero-order valence-electron chi connectivity index (χ0n) is 8.38. The summed E-state index contributed by atoms with van der Waals surface area (Å²) in [5, 5.41) is 14.9. The second-order valence-corrected chi connectivity index (χ2v) is 3.70. The van der Waals surface area contributed by atoms with Gasteiger partial charge >= 0.3 is 0 Å². The Morgan fingerprint density at radius 3 is 2.93 bits per heavy atom. The summed E-state index contributed by atoms with van der Waals surface area (Å²) >= 11 is 1.46. The highest BCUT2D eigenvalue weighted by Gasteiger charge is 2.15. The van der Waals surface area contributed by atoms with Gasteiger partial charge in [0.05, 0.1) is 12.1 Å². The molecule has 5 nitrogen and oxygen atoms in total. The van der Waals surface area contributed by atoms with Crippen LogP contribution in [0.4, 0.5) is 0 Å². The zero-order chi connectivity index (χ0) is 11.3. The van der Waals surface area contributed by atoms with Crippen LogP contribution in [-0.4, -0.2) is 34.9 Å². The Labute approximate surface area is 91.8 Å². The Morgan fingerprint density at radius 1 is 1.73 bits per heavy atom. The topological polar surface area (TPSA) is 78.9 Å². The van der Waals surface area contributed by atoms with Gasteiger partial charge in [-0.2, -0.15) is 11.3 Å². The van der Waals surface area contributed by atoms with E-state index in [0.717, 1.165) is 0 Å². The zero-order valence-corrected chi connectivity index (χ0v) is 9.20. The lowest BCUT2D eigenvalue weighted by atomic mass is 10.3. The van der Waals surface area contributed by atoms with E-state index in [9.17, 15) is 4.79 Å². The summed E-state index contributed by atoms with van der Waals surface area (Å²) in [6.45, 7) is 2.50. The minimum absolute atomic E-state index is 0.0282. The number of likely N-dealkylation sites (N-methyl/N-ethyl adjacent to an activating group) is 1. The van der Waals surface area contributed by atoms with E-state index in [4.69, 9.17) is 10.9 Å². The number of nitrogens with zero attached hydrogens (tertiary/aromatic N) is 2. The van der Waals surface area contributed by atoms with Crippen LogP contribution in [0.25, 0.3) is 0 Å². The number of hydrogen-bond acceptors (Lipinski definition) is 4. The van der Waals surface area contributed by atoms with Crippen molar-refractivity contribution in [1.82, 2.24) is 4.90 Å². The Kier molecular flexibility index (Phi) is 4.11. The molecule has 0 saturated heterocycles. The SMILES string of the molecule is CCN(CC(N)=NO)C(=O)c1ccsc1. The maximum absolute atomic E-state index is 11.8. The van der Waals surface area contributed by atoms with E-state index in [1.807, 2.05) is 12.3 Å². The fourth-order valence-corrected chi connectivity index (χ4v) is 1.75. The van der Waals surface area contributed by atoms with Crippen LogP contribution in [0.5, 0.6) is 0 Å². The highest BCUT2D eigenvalue weighted by molar-refractivity contribution is 7.08. The molecule has 1 aromatic rings. The molecule has 1 amide bonds. The first-order valence-electron chi connectivity index (χ1n) is 4.47. The minimum atomic E-state index is -0.106. The molecule has 0 spiro atoms. The van der Waals surface area contributed by atoms with Crippen LogP contribution in [0, 0.1) is 0 Å². The molecule has 0 fully saturated rings. The summed E-state index contributed by atoms with van der Waals surface area (Å²) in [6.07, 6.45) is 0. The minimum Gasteiger partial charge on any atom is -0.409 e. The summed E-state index contributed by atoms with van der Waals surface area (Å²) in [6, 6.07) is 1.75. The maximum Gasteiger partial charge on any atom is 0.255 e. The van der Waals surface area contributed by atoms with Crippen molar-refractivity contribution >= 4 is 23.1 Å². The Balaban J connectivity index is 2.71. The van der Waals surface area contributed by atoms with Crippen LogP contribution >= 0.6 is 11.3 Å². The van der Waals surface area contributed by atoms with E-state index in [2.05, 4.69) is 5.16 Å². The second kappa shape index (κ2) is 5.35. The molecule has 0 aliphatic rings. The third-order valence-electron chi connectivity index (χ3n) is 1.92. The molecule has 0 saturated carbocycles. The monoisotopic (exact) mass is 227 g/mol. The van der Waals surface area contributed by atoms with Gasteiger partial charge in [-0.3, -0.25) is 4.79 Å². The number of oxime groups is 1. The van der Waals surface area contributed by atoms with Gasteiger partial charge in [0.25, 0.3) is 5.91 Å². The highest BCUT2D eigenvalue weighted by Crippen LogP contribution is 2.09. The average Bonchev–Trinajstić information content (AvgIpc) is 2.77. The summed E-state index contributed by atoms with van der Waals surface area (Å²) in [5.74, 6) is -0.0780. The van der Waals surface area contributed by atoms with Crippen LogP contribution in [0.2, 0.25) is 0 Å². The number of rotatable bonds is 4. The molecule has 82 valence electrons. The van der Waals surface area contributed by atoms with Crippen LogP contribution in [0.3, 0.4) is 0 Å². The molecule has 3 N–H and O–H groups in total. The molecule has 0 radical (unpaired) electrons. The van der Waals surface area contributed by atoms with Crippen LogP contribution in [0.15, 0.2) is 22.0 Å². The lowest BCUT2D eigenvalue weighted by molar-refractivity contribution is 0.0786. The van der Waals surface area contributed by atoms with Gasteiger partial charge < -0.3 is 15.8 Å². The molecule has 0 aromatic carbocycles. The fourth-order valence-electron chi connectivity index (χ4n) is 1.12. The summed E-state index contributed by atoms with van der Waals surface area (Å²) in [5.41, 5.74) is 5.98. The Hall–Kier alpha value is -1.56. The van der Waals surface area contributed by atoms with Gasteiger partial charge in [0.2, 0.25) is 0 Å². The smallest absolute Gasteiger partial charge is 0.255 e. The van der Waals surface area contributed by atoms with Gasteiger partial charge in [0, 0.05) is 11.9 Å². The number of amides is 1. The van der Waals surface area contributed by atoms with Gasteiger partial charge in [-0.15, -0.1) is 0 Å². The number of hydrogen-bond donors (Lipinski definition) is 2. The quantitative estimate of drug-likeness (QED) is 0.348. The van der Waals surface area contributed by atoms with E-state index >= 15 is 0 Å². The average molecular weight is 227 g/mol. The molecule has 1 rings (SSSR count). The number of amidine groups is 1. The lowest BCUT2D eigenvalue weighted by Crippen LogP contribution is -2.38. The van der Waals surface area contributed by atoms with Crippen LogP contribution in [0.1, 0.15) is 17.3 Å². The predicted molar refractivity (Wildman–Crippen MR) is 59.3 cm³/mol. The van der Waals surface area contributed by atoms with Crippen molar-refractivity contribution < 1.29 is 10.0 Å². The molecule has 0 aliphatic heterocycles. The van der Waals surface area contributed by atoms with Gasteiger partial charge in [0.15, 0.2) is 5.84 Å². The first kappa shape index (κ1) is 11.5. The maximum atomic E-state index is 11.8. The van der Waals surface area contributed by atoms with Crippen molar-refractivity contribution in [2.75, 3.05) is 13.1 Å². The second-order valence-electron chi connectivity index (χ2n) is 2.92. The first-order chi connectivity index (χ1) is 7.19. The Morgan fingerprint density at radius 2 is 2.47 bits per heavy atom. The van der Waals surface area contributed by atoms with E-state index in [0.29, 0.717) is 12.1 Å². The molecule has 15 heavy (non-hydrogen) atoms. The van der Waals surface area contributed by atoms with Crippen molar-refractivity contribution in [3.8, 4) is 0 Å². The summed E-state index contributed by atoms with van der Waals surface area (Å²) in [4.78, 5) is 13.3. The molecule has 1 heterocycles. The Bertz CT molecular complexity index is 348. The van der Waals surface area contributed by atoms with Crippen molar-refractivity contribution in [3.05, 3.63) is 22.4 Å². The predicted octanol–water partition coefficient (Wildman–Crippen LogP) is 0.957. The molecule has 1 aromatic heterocycles. The molecule has 6 heteroatoms. The number of carbonyl (C=O) groups excluding carboxylic acids is 1. The number of thiophene rings is 1. The third kappa shape index (κ3) is 2.95. The fraction of sp³-hybridized carbons (Fsp3) is 0.333. The van der Waals surface area contributed by atoms with E-state index < -0.39 is 0 Å². The van der Waals surface area contributed by atoms with Gasteiger partial charge in [0.1, 0.15) is 0 Å². The normalized spacial score (nSPS) is 11.4. The molecule has 0 unspecified atom stereocenters.